The van der Waals surface area contributed by atoms with Gasteiger partial charge >= 0.3 is 0 Å². The van der Waals surface area contributed by atoms with Crippen molar-refractivity contribution in [1.29, 1.82) is 0 Å². The highest BCUT2D eigenvalue weighted by molar-refractivity contribution is 8.16. The van der Waals surface area contributed by atoms with Gasteiger partial charge in [0.05, 0.1) is 17.5 Å². The first-order chi connectivity index (χ1) is 12.5. The van der Waals surface area contributed by atoms with Gasteiger partial charge in [0.1, 0.15) is 0 Å². The molecule has 2 heterocycles. The summed E-state index contributed by atoms with van der Waals surface area (Å²) in [5.74, 6) is 0.0796. The van der Waals surface area contributed by atoms with Gasteiger partial charge in [0.2, 0.25) is 5.91 Å². The average Bonchev–Trinajstić information content (AvgIpc) is 2.96. The number of carbonyl (C=O) groups excluding carboxylic acids is 1. The Morgan fingerprint density at radius 2 is 1.85 bits per heavy atom. The van der Waals surface area contributed by atoms with Gasteiger partial charge in [-0.05, 0) is 29.7 Å². The van der Waals surface area contributed by atoms with Crippen molar-refractivity contribution in [3.8, 4) is 0 Å². The number of amides is 1. The molecule has 0 unspecified atom stereocenters. The summed E-state index contributed by atoms with van der Waals surface area (Å²) < 4.78 is 24.3. The van der Waals surface area contributed by atoms with Crippen molar-refractivity contribution in [2.75, 3.05) is 35.4 Å². The van der Waals surface area contributed by atoms with E-state index in [0.717, 1.165) is 11.4 Å². The van der Waals surface area contributed by atoms with Crippen molar-refractivity contribution < 1.29 is 13.2 Å². The van der Waals surface area contributed by atoms with Gasteiger partial charge < -0.3 is 9.80 Å². The van der Waals surface area contributed by atoms with Crippen molar-refractivity contribution >= 4 is 44.0 Å². The molecule has 1 aromatic rings. The van der Waals surface area contributed by atoms with Crippen molar-refractivity contribution in [1.82, 2.24) is 0 Å². The molecule has 0 aliphatic carbocycles. The fraction of sp³-hybridized carbons (Fsp3) is 0.579. The summed E-state index contributed by atoms with van der Waals surface area (Å²) in [6.45, 7) is 6.02. The normalized spacial score (nSPS) is 25.7. The Morgan fingerprint density at radius 1 is 1.22 bits per heavy atom. The van der Waals surface area contributed by atoms with Crippen molar-refractivity contribution in [3.63, 3.8) is 0 Å². The van der Waals surface area contributed by atoms with Crippen LogP contribution in [0.4, 0.5) is 11.4 Å². The van der Waals surface area contributed by atoms with Crippen LogP contribution in [0, 0.1) is 5.41 Å². The highest BCUT2D eigenvalue weighted by Crippen LogP contribution is 2.41. The number of hydrogen-bond acceptors (Lipinski definition) is 5. The van der Waals surface area contributed by atoms with Gasteiger partial charge in [0.15, 0.2) is 15.0 Å². The summed E-state index contributed by atoms with van der Waals surface area (Å²) in [7, 11) is 0.882. The molecule has 1 amide bonds. The molecule has 2 saturated heterocycles. The third kappa shape index (κ3) is 4.66. The fourth-order valence-electron chi connectivity index (χ4n) is 3.38. The average molecular weight is 410 g/mol. The summed E-state index contributed by atoms with van der Waals surface area (Å²) in [5.41, 5.74) is 1.80. The van der Waals surface area contributed by atoms with Crippen molar-refractivity contribution in [3.05, 3.63) is 24.3 Å². The highest BCUT2D eigenvalue weighted by Gasteiger charge is 2.49. The number of aliphatic imine (C=N–C) groups is 1. The van der Waals surface area contributed by atoms with Crippen molar-refractivity contribution in [2.24, 2.45) is 10.4 Å². The summed E-state index contributed by atoms with van der Waals surface area (Å²) in [6.07, 6.45) is 0.359. The van der Waals surface area contributed by atoms with E-state index in [-0.39, 0.29) is 34.1 Å². The van der Waals surface area contributed by atoms with Crippen molar-refractivity contribution in [2.45, 2.75) is 38.5 Å². The molecule has 27 heavy (non-hydrogen) atoms. The predicted octanol–water partition coefficient (Wildman–Crippen LogP) is 2.79. The van der Waals surface area contributed by atoms with E-state index in [2.05, 4.69) is 4.99 Å². The summed E-state index contributed by atoms with van der Waals surface area (Å²) in [6, 6.07) is 7.74. The molecule has 6 nitrogen and oxygen atoms in total. The number of anilines is 2. The minimum Gasteiger partial charge on any atom is -0.378 e. The summed E-state index contributed by atoms with van der Waals surface area (Å²) in [5, 5.41) is 0.538. The molecule has 0 bridgehead atoms. The molecule has 8 heteroatoms. The minimum absolute atomic E-state index is 0.0790. The Morgan fingerprint density at radius 3 is 2.41 bits per heavy atom. The number of thioether (sulfide) groups is 1. The van der Waals surface area contributed by atoms with E-state index in [4.69, 9.17) is 0 Å². The number of carbonyl (C=O) groups is 1. The van der Waals surface area contributed by atoms with Crippen LogP contribution in [0.1, 0.15) is 27.2 Å². The van der Waals surface area contributed by atoms with Gasteiger partial charge in [-0.2, -0.15) is 4.99 Å². The Labute approximate surface area is 165 Å². The molecule has 0 spiro atoms. The standard InChI is InChI=1S/C19H27N3O3S2/c1-19(2,3)10-17(23)20-18-22(14-8-6-13(7-9-14)21(4)5)15-11-27(24,25)12-16(15)26-18/h6-9,15-16H,10-12H2,1-5H3/t15-,16+/m1/s1. The second-order valence-electron chi connectivity index (χ2n) is 8.61. The number of benzene rings is 1. The van der Waals surface area contributed by atoms with Gasteiger partial charge in [-0.25, -0.2) is 8.42 Å². The van der Waals surface area contributed by atoms with Crippen LogP contribution in [0.25, 0.3) is 0 Å². The summed E-state index contributed by atoms with van der Waals surface area (Å²) >= 11 is 1.42. The lowest BCUT2D eigenvalue weighted by Crippen LogP contribution is -2.37. The minimum atomic E-state index is -3.06. The second-order valence-corrected chi connectivity index (χ2v) is 12.0. The molecule has 0 radical (unpaired) electrons. The highest BCUT2D eigenvalue weighted by atomic mass is 32.2. The van der Waals surface area contributed by atoms with E-state index in [1.54, 1.807) is 0 Å². The van der Waals surface area contributed by atoms with Crippen LogP contribution in [0.3, 0.4) is 0 Å². The molecule has 3 rings (SSSR count). The Bertz CT molecular complexity index is 855. The maximum atomic E-state index is 12.4. The lowest BCUT2D eigenvalue weighted by Gasteiger charge is -2.25. The van der Waals surface area contributed by atoms with Gasteiger partial charge in [-0.1, -0.05) is 32.5 Å². The van der Waals surface area contributed by atoms with E-state index in [0.29, 0.717) is 11.6 Å². The van der Waals surface area contributed by atoms with Crippen LogP contribution >= 0.6 is 11.8 Å². The number of nitrogens with zero attached hydrogens (tertiary/aromatic N) is 3. The van der Waals surface area contributed by atoms with Gasteiger partial charge in [0, 0.05) is 37.1 Å². The monoisotopic (exact) mass is 409 g/mol. The molecule has 1 aromatic carbocycles. The maximum Gasteiger partial charge on any atom is 0.248 e. The maximum absolute atomic E-state index is 12.4. The fourth-order valence-corrected chi connectivity index (χ4v) is 7.31. The zero-order valence-electron chi connectivity index (χ0n) is 16.5. The largest absolute Gasteiger partial charge is 0.378 e. The quantitative estimate of drug-likeness (QED) is 0.765. The Kier molecular flexibility index (Phi) is 5.33. The van der Waals surface area contributed by atoms with Crippen LogP contribution in [-0.4, -0.2) is 56.4 Å². The zero-order valence-corrected chi connectivity index (χ0v) is 18.1. The number of rotatable bonds is 3. The van der Waals surface area contributed by atoms with Crippen LogP contribution in [-0.2, 0) is 14.6 Å². The second kappa shape index (κ2) is 7.13. The zero-order chi connectivity index (χ0) is 20.0. The SMILES string of the molecule is CN(C)c1ccc(N2C(=NC(=O)CC(C)(C)C)S[C@H]3CS(=O)(=O)C[C@H]32)cc1. The first-order valence-corrected chi connectivity index (χ1v) is 11.7. The van der Waals surface area contributed by atoms with Gasteiger partial charge in [-0.3, -0.25) is 4.79 Å². The molecule has 148 valence electrons. The Hall–Kier alpha value is -1.54. The first-order valence-electron chi connectivity index (χ1n) is 9.00. The van der Waals surface area contributed by atoms with Crippen LogP contribution in [0.2, 0.25) is 0 Å². The molecule has 2 atom stereocenters. The molecule has 2 fully saturated rings. The number of amidine groups is 1. The summed E-state index contributed by atoms with van der Waals surface area (Å²) in [4.78, 5) is 20.7. The topological polar surface area (TPSA) is 70.0 Å². The third-order valence-corrected chi connectivity index (χ3v) is 7.82. The van der Waals surface area contributed by atoms with Crippen LogP contribution < -0.4 is 9.80 Å². The predicted molar refractivity (Wildman–Crippen MR) is 114 cm³/mol. The molecular formula is C19H27N3O3S2. The molecule has 0 aromatic heterocycles. The number of sulfone groups is 1. The van der Waals surface area contributed by atoms with Gasteiger partial charge in [-0.15, -0.1) is 0 Å². The lowest BCUT2D eigenvalue weighted by molar-refractivity contribution is -0.119. The smallest absolute Gasteiger partial charge is 0.248 e. The molecule has 2 aliphatic heterocycles. The molecule has 0 N–H and O–H groups in total. The van der Waals surface area contributed by atoms with Gasteiger partial charge in [0.25, 0.3) is 0 Å². The van der Waals surface area contributed by atoms with E-state index >= 15 is 0 Å². The molecule has 2 aliphatic rings. The van der Waals surface area contributed by atoms with Crippen LogP contribution in [0.15, 0.2) is 29.3 Å². The lowest BCUT2D eigenvalue weighted by atomic mass is 9.92. The number of hydrogen-bond donors (Lipinski definition) is 0. The Balaban J connectivity index is 1.94. The molecular weight excluding hydrogens is 382 g/mol. The molecule has 0 saturated carbocycles. The van der Waals surface area contributed by atoms with Crippen LogP contribution in [0.5, 0.6) is 0 Å². The number of fused-ring (bicyclic) bond motifs is 1. The first kappa shape index (κ1) is 20.2. The van der Waals surface area contributed by atoms with E-state index in [1.165, 1.54) is 11.8 Å². The van der Waals surface area contributed by atoms with E-state index in [9.17, 15) is 13.2 Å². The van der Waals surface area contributed by atoms with E-state index in [1.807, 2.05) is 68.9 Å². The third-order valence-electron chi connectivity index (χ3n) is 4.61. The van der Waals surface area contributed by atoms with E-state index < -0.39 is 9.84 Å².